The van der Waals surface area contributed by atoms with E-state index < -0.39 is 0 Å². The first-order chi connectivity index (χ1) is 14.2. The molecule has 0 saturated carbocycles. The molecular weight excluding hydrogens is 386 g/mol. The molecule has 0 bridgehead atoms. The van der Waals surface area contributed by atoms with Crippen molar-refractivity contribution in [2.45, 2.75) is 32.9 Å². The van der Waals surface area contributed by atoms with Gasteiger partial charge in [0.25, 0.3) is 0 Å². The van der Waals surface area contributed by atoms with Crippen LogP contribution in [0.15, 0.2) is 59.7 Å². The second-order valence-corrected chi connectivity index (χ2v) is 8.02. The Labute approximate surface area is 173 Å². The third-order valence-corrected chi connectivity index (χ3v) is 5.54. The number of benzene rings is 1. The van der Waals surface area contributed by atoms with Crippen LogP contribution in [0, 0.1) is 6.92 Å². The van der Waals surface area contributed by atoms with Gasteiger partial charge in [-0.2, -0.15) is 0 Å². The van der Waals surface area contributed by atoms with Crippen molar-refractivity contribution in [2.75, 3.05) is 7.11 Å². The number of hydrogen-bond acceptors (Lipinski definition) is 6. The highest BCUT2D eigenvalue weighted by atomic mass is 32.1. The van der Waals surface area contributed by atoms with Gasteiger partial charge in [-0.15, -0.1) is 11.3 Å². The summed E-state index contributed by atoms with van der Waals surface area (Å²) in [5, 5.41) is 0. The second kappa shape index (κ2) is 8.96. The maximum atomic E-state index is 5.93. The molecule has 0 saturated heterocycles. The first-order valence-electron chi connectivity index (χ1n) is 9.48. The standard InChI is InChI=1S/C22H23N3O3S/c1-16-5-8-21(29-16)22-24-18(14-28-22)13-27-19-7-6-17(12-20(19)26-2)4-3-10-25-11-9-23-15-25/h5-9,11-12,14-15H,3-4,10,13H2,1-2H3. The zero-order chi connectivity index (χ0) is 20.1. The molecule has 7 heteroatoms. The highest BCUT2D eigenvalue weighted by Crippen LogP contribution is 2.30. The lowest BCUT2D eigenvalue weighted by Crippen LogP contribution is -2.00. The van der Waals surface area contributed by atoms with Crippen molar-refractivity contribution in [3.05, 3.63) is 71.5 Å². The van der Waals surface area contributed by atoms with Crippen molar-refractivity contribution in [3.63, 3.8) is 0 Å². The predicted octanol–water partition coefficient (Wildman–Crippen LogP) is 5.13. The zero-order valence-electron chi connectivity index (χ0n) is 16.5. The van der Waals surface area contributed by atoms with Crippen LogP contribution in [0.25, 0.3) is 10.8 Å². The summed E-state index contributed by atoms with van der Waals surface area (Å²) in [4.78, 5) is 10.8. The van der Waals surface area contributed by atoms with Gasteiger partial charge in [-0.25, -0.2) is 9.97 Å². The Balaban J connectivity index is 1.35. The van der Waals surface area contributed by atoms with Crippen LogP contribution in [0.3, 0.4) is 0 Å². The fourth-order valence-corrected chi connectivity index (χ4v) is 3.86. The van der Waals surface area contributed by atoms with Crippen molar-refractivity contribution < 1.29 is 13.9 Å². The highest BCUT2D eigenvalue weighted by Gasteiger charge is 2.11. The van der Waals surface area contributed by atoms with E-state index in [1.54, 1.807) is 30.9 Å². The van der Waals surface area contributed by atoms with Gasteiger partial charge in [0, 0.05) is 23.8 Å². The van der Waals surface area contributed by atoms with Gasteiger partial charge in [0.05, 0.1) is 18.3 Å². The Bertz CT molecular complexity index is 1050. The first kappa shape index (κ1) is 19.3. The van der Waals surface area contributed by atoms with Crippen molar-refractivity contribution in [3.8, 4) is 22.3 Å². The van der Waals surface area contributed by atoms with Gasteiger partial charge < -0.3 is 18.5 Å². The number of ether oxygens (including phenoxy) is 2. The van der Waals surface area contributed by atoms with E-state index in [9.17, 15) is 0 Å². The molecule has 0 spiro atoms. The third-order valence-electron chi connectivity index (χ3n) is 4.55. The summed E-state index contributed by atoms with van der Waals surface area (Å²) in [6.07, 6.45) is 9.25. The van der Waals surface area contributed by atoms with E-state index in [0.29, 0.717) is 18.2 Å². The number of hydrogen-bond donors (Lipinski definition) is 0. The SMILES string of the molecule is COc1cc(CCCn2ccnc2)ccc1OCc1coc(-c2ccc(C)s2)n1. The topological polar surface area (TPSA) is 62.3 Å². The second-order valence-electron chi connectivity index (χ2n) is 6.73. The van der Waals surface area contributed by atoms with Gasteiger partial charge in [0.15, 0.2) is 11.5 Å². The maximum Gasteiger partial charge on any atom is 0.236 e. The van der Waals surface area contributed by atoms with E-state index in [2.05, 4.69) is 33.6 Å². The summed E-state index contributed by atoms with van der Waals surface area (Å²) >= 11 is 1.66. The normalized spacial score (nSPS) is 11.0. The van der Waals surface area contributed by atoms with Gasteiger partial charge in [-0.05, 0) is 49.6 Å². The summed E-state index contributed by atoms with van der Waals surface area (Å²) in [5.74, 6) is 2.05. The summed E-state index contributed by atoms with van der Waals surface area (Å²) in [5.41, 5.74) is 1.96. The molecule has 0 aliphatic rings. The molecule has 0 radical (unpaired) electrons. The smallest absolute Gasteiger partial charge is 0.236 e. The van der Waals surface area contributed by atoms with Crippen molar-refractivity contribution in [1.82, 2.24) is 14.5 Å². The number of methoxy groups -OCH3 is 1. The molecule has 3 heterocycles. The van der Waals surface area contributed by atoms with E-state index >= 15 is 0 Å². The molecule has 6 nitrogen and oxygen atoms in total. The van der Waals surface area contributed by atoms with Crippen LogP contribution in [0.1, 0.15) is 22.6 Å². The van der Waals surface area contributed by atoms with E-state index in [4.69, 9.17) is 13.9 Å². The van der Waals surface area contributed by atoms with E-state index in [-0.39, 0.29) is 0 Å². The molecule has 0 N–H and O–H groups in total. The quantitative estimate of drug-likeness (QED) is 0.384. The number of aryl methyl sites for hydroxylation is 3. The predicted molar refractivity (Wildman–Crippen MR) is 112 cm³/mol. The first-order valence-corrected chi connectivity index (χ1v) is 10.3. The Kier molecular flexibility index (Phi) is 5.95. The van der Waals surface area contributed by atoms with Crippen LogP contribution < -0.4 is 9.47 Å². The average Bonchev–Trinajstić information content (AvgIpc) is 3.49. The Morgan fingerprint density at radius 2 is 2.10 bits per heavy atom. The van der Waals surface area contributed by atoms with Crippen molar-refractivity contribution in [1.29, 1.82) is 0 Å². The number of thiophene rings is 1. The number of aromatic nitrogens is 3. The number of nitrogens with zero attached hydrogens (tertiary/aromatic N) is 3. The molecule has 3 aromatic heterocycles. The van der Waals surface area contributed by atoms with Crippen LogP contribution in [-0.4, -0.2) is 21.6 Å². The fourth-order valence-electron chi connectivity index (χ4n) is 3.06. The molecule has 1 aromatic carbocycles. The zero-order valence-corrected chi connectivity index (χ0v) is 17.3. The largest absolute Gasteiger partial charge is 0.493 e. The Morgan fingerprint density at radius 3 is 2.86 bits per heavy atom. The van der Waals surface area contributed by atoms with Crippen LogP contribution in [0.5, 0.6) is 11.5 Å². The molecule has 150 valence electrons. The molecular formula is C22H23N3O3S. The van der Waals surface area contributed by atoms with E-state index in [1.807, 2.05) is 30.7 Å². The molecule has 4 aromatic rings. The van der Waals surface area contributed by atoms with Gasteiger partial charge >= 0.3 is 0 Å². The lowest BCUT2D eigenvalue weighted by atomic mass is 10.1. The van der Waals surface area contributed by atoms with Crippen molar-refractivity contribution >= 4 is 11.3 Å². The van der Waals surface area contributed by atoms with Crippen LogP contribution >= 0.6 is 11.3 Å². The van der Waals surface area contributed by atoms with Crippen LogP contribution in [0.2, 0.25) is 0 Å². The summed E-state index contributed by atoms with van der Waals surface area (Å²) in [7, 11) is 1.66. The van der Waals surface area contributed by atoms with Crippen LogP contribution in [0.4, 0.5) is 0 Å². The Hall–Kier alpha value is -3.06. The molecule has 0 aliphatic carbocycles. The molecule has 0 atom stereocenters. The minimum Gasteiger partial charge on any atom is -0.493 e. The lowest BCUT2D eigenvalue weighted by Gasteiger charge is -2.11. The monoisotopic (exact) mass is 409 g/mol. The minimum absolute atomic E-state index is 0.324. The maximum absolute atomic E-state index is 5.93. The molecule has 0 unspecified atom stereocenters. The molecule has 0 aliphatic heterocycles. The molecule has 4 rings (SSSR count). The van der Waals surface area contributed by atoms with E-state index in [0.717, 1.165) is 35.7 Å². The van der Waals surface area contributed by atoms with Gasteiger partial charge in [0.2, 0.25) is 5.89 Å². The number of rotatable bonds is 9. The summed E-state index contributed by atoms with van der Waals surface area (Å²) < 4.78 is 19.1. The summed E-state index contributed by atoms with van der Waals surface area (Å²) in [6, 6.07) is 10.1. The average molecular weight is 410 g/mol. The van der Waals surface area contributed by atoms with E-state index in [1.165, 1.54) is 10.4 Å². The Morgan fingerprint density at radius 1 is 1.17 bits per heavy atom. The fraction of sp³-hybridized carbons (Fsp3) is 0.273. The minimum atomic E-state index is 0.324. The van der Waals surface area contributed by atoms with Crippen LogP contribution in [-0.2, 0) is 19.6 Å². The molecule has 29 heavy (non-hydrogen) atoms. The molecule has 0 amide bonds. The van der Waals surface area contributed by atoms with Crippen molar-refractivity contribution in [2.24, 2.45) is 0 Å². The van der Waals surface area contributed by atoms with Gasteiger partial charge in [0.1, 0.15) is 18.6 Å². The van der Waals surface area contributed by atoms with Gasteiger partial charge in [-0.1, -0.05) is 6.07 Å². The number of imidazole rings is 1. The summed E-state index contributed by atoms with van der Waals surface area (Å²) in [6.45, 7) is 3.33. The van der Waals surface area contributed by atoms with Gasteiger partial charge in [-0.3, -0.25) is 0 Å². The number of oxazole rings is 1. The lowest BCUT2D eigenvalue weighted by molar-refractivity contribution is 0.280. The highest BCUT2D eigenvalue weighted by molar-refractivity contribution is 7.15. The molecule has 0 fully saturated rings. The third kappa shape index (κ3) is 4.86.